The molecule has 1 aliphatic heterocycles. The van der Waals surface area contributed by atoms with E-state index in [0.717, 1.165) is 0 Å². The number of carbonyl (C=O) groups is 1. The number of anilines is 1. The SMILES string of the molecule is Cc1c(O)cccc1NC(=O)C1=COCCO1. The van der Waals surface area contributed by atoms with Crippen molar-refractivity contribution in [2.45, 2.75) is 6.92 Å². The normalized spacial score (nSPS) is 14.3. The molecular weight excluding hydrogens is 222 g/mol. The van der Waals surface area contributed by atoms with Crippen LogP contribution in [-0.4, -0.2) is 24.2 Å². The number of phenols is 1. The summed E-state index contributed by atoms with van der Waals surface area (Å²) in [4.78, 5) is 11.8. The number of hydrogen-bond donors (Lipinski definition) is 2. The van der Waals surface area contributed by atoms with Crippen LogP contribution < -0.4 is 5.32 Å². The zero-order valence-corrected chi connectivity index (χ0v) is 9.40. The van der Waals surface area contributed by atoms with Crippen LogP contribution in [0.1, 0.15) is 5.56 Å². The molecule has 17 heavy (non-hydrogen) atoms. The standard InChI is InChI=1S/C12H13NO4/c1-8-9(3-2-4-10(8)14)13-12(15)11-7-16-5-6-17-11/h2-4,7,14H,5-6H2,1H3,(H,13,15). The number of carbonyl (C=O) groups excluding carboxylic acids is 1. The lowest BCUT2D eigenvalue weighted by Crippen LogP contribution is -2.21. The van der Waals surface area contributed by atoms with Gasteiger partial charge >= 0.3 is 0 Å². The fraction of sp³-hybridized carbons (Fsp3) is 0.250. The van der Waals surface area contributed by atoms with Gasteiger partial charge in [0.1, 0.15) is 25.2 Å². The maximum atomic E-state index is 11.8. The fourth-order valence-electron chi connectivity index (χ4n) is 1.43. The van der Waals surface area contributed by atoms with Crippen molar-refractivity contribution >= 4 is 11.6 Å². The van der Waals surface area contributed by atoms with Crippen molar-refractivity contribution in [1.82, 2.24) is 0 Å². The van der Waals surface area contributed by atoms with Crippen molar-refractivity contribution in [2.24, 2.45) is 0 Å². The zero-order chi connectivity index (χ0) is 12.3. The second-order valence-corrected chi connectivity index (χ2v) is 3.61. The molecule has 1 aromatic carbocycles. The van der Waals surface area contributed by atoms with Gasteiger partial charge in [0.15, 0.2) is 0 Å². The summed E-state index contributed by atoms with van der Waals surface area (Å²) in [5.41, 5.74) is 1.16. The summed E-state index contributed by atoms with van der Waals surface area (Å²) in [6, 6.07) is 4.92. The van der Waals surface area contributed by atoms with Crippen LogP contribution in [0.5, 0.6) is 5.75 Å². The number of phenolic OH excluding ortho intramolecular Hbond substituents is 1. The van der Waals surface area contributed by atoms with Gasteiger partial charge in [-0.3, -0.25) is 4.79 Å². The summed E-state index contributed by atoms with van der Waals surface area (Å²) in [6.45, 7) is 2.53. The lowest BCUT2D eigenvalue weighted by molar-refractivity contribution is -0.117. The first kappa shape index (κ1) is 11.3. The van der Waals surface area contributed by atoms with Crippen molar-refractivity contribution in [1.29, 1.82) is 0 Å². The predicted molar refractivity (Wildman–Crippen MR) is 61.5 cm³/mol. The van der Waals surface area contributed by atoms with E-state index in [9.17, 15) is 9.90 Å². The molecule has 5 heteroatoms. The molecular formula is C12H13NO4. The third-order valence-electron chi connectivity index (χ3n) is 2.43. The van der Waals surface area contributed by atoms with Crippen LogP contribution in [0.2, 0.25) is 0 Å². The van der Waals surface area contributed by atoms with Gasteiger partial charge in [0, 0.05) is 11.3 Å². The van der Waals surface area contributed by atoms with Gasteiger partial charge in [0.05, 0.1) is 0 Å². The first-order valence-corrected chi connectivity index (χ1v) is 5.23. The Morgan fingerprint density at radius 1 is 1.41 bits per heavy atom. The maximum Gasteiger partial charge on any atom is 0.294 e. The van der Waals surface area contributed by atoms with Gasteiger partial charge in [-0.15, -0.1) is 0 Å². The van der Waals surface area contributed by atoms with Crippen molar-refractivity contribution in [2.75, 3.05) is 18.5 Å². The van der Waals surface area contributed by atoms with Crippen molar-refractivity contribution in [3.05, 3.63) is 35.8 Å². The Kier molecular flexibility index (Phi) is 3.18. The molecule has 0 saturated carbocycles. The largest absolute Gasteiger partial charge is 0.508 e. The highest BCUT2D eigenvalue weighted by Gasteiger charge is 2.16. The number of ether oxygens (including phenoxy) is 2. The van der Waals surface area contributed by atoms with Crippen LogP contribution in [-0.2, 0) is 14.3 Å². The van der Waals surface area contributed by atoms with Gasteiger partial charge in [-0.25, -0.2) is 0 Å². The highest BCUT2D eigenvalue weighted by Crippen LogP contribution is 2.24. The van der Waals surface area contributed by atoms with Gasteiger partial charge < -0.3 is 19.9 Å². The highest BCUT2D eigenvalue weighted by molar-refractivity contribution is 6.02. The van der Waals surface area contributed by atoms with E-state index in [0.29, 0.717) is 24.5 Å². The smallest absolute Gasteiger partial charge is 0.294 e. The number of aromatic hydroxyl groups is 1. The third-order valence-corrected chi connectivity index (χ3v) is 2.43. The quantitative estimate of drug-likeness (QED) is 0.815. The minimum Gasteiger partial charge on any atom is -0.508 e. The van der Waals surface area contributed by atoms with Crippen molar-refractivity contribution in [3.8, 4) is 5.75 Å². The van der Waals surface area contributed by atoms with E-state index >= 15 is 0 Å². The van der Waals surface area contributed by atoms with Crippen molar-refractivity contribution in [3.63, 3.8) is 0 Å². The zero-order valence-electron chi connectivity index (χ0n) is 9.40. The maximum absolute atomic E-state index is 11.8. The Hall–Kier alpha value is -2.17. The van der Waals surface area contributed by atoms with E-state index in [2.05, 4.69) is 5.32 Å². The molecule has 0 aromatic heterocycles. The molecule has 0 bridgehead atoms. The number of hydrogen-bond acceptors (Lipinski definition) is 4. The highest BCUT2D eigenvalue weighted by atomic mass is 16.6. The number of nitrogens with one attached hydrogen (secondary N) is 1. The van der Waals surface area contributed by atoms with Crippen LogP contribution in [0.4, 0.5) is 5.69 Å². The molecule has 5 nitrogen and oxygen atoms in total. The fourth-order valence-corrected chi connectivity index (χ4v) is 1.43. The summed E-state index contributed by atoms with van der Waals surface area (Å²) < 4.78 is 10.1. The number of benzene rings is 1. The molecule has 0 saturated heterocycles. The van der Waals surface area contributed by atoms with Crippen LogP contribution >= 0.6 is 0 Å². The molecule has 1 aliphatic rings. The van der Waals surface area contributed by atoms with Gasteiger partial charge in [-0.05, 0) is 19.1 Å². The Morgan fingerprint density at radius 2 is 2.24 bits per heavy atom. The monoisotopic (exact) mass is 235 g/mol. The van der Waals surface area contributed by atoms with Crippen LogP contribution in [0.15, 0.2) is 30.2 Å². The van der Waals surface area contributed by atoms with E-state index in [4.69, 9.17) is 9.47 Å². The number of rotatable bonds is 2. The molecule has 0 radical (unpaired) electrons. The van der Waals surface area contributed by atoms with E-state index in [1.807, 2.05) is 0 Å². The summed E-state index contributed by atoms with van der Waals surface area (Å²) in [5.74, 6) is -0.116. The van der Waals surface area contributed by atoms with E-state index in [1.165, 1.54) is 6.26 Å². The molecule has 90 valence electrons. The van der Waals surface area contributed by atoms with E-state index < -0.39 is 5.91 Å². The molecule has 1 amide bonds. The minimum absolute atomic E-state index is 0.137. The molecule has 2 rings (SSSR count). The van der Waals surface area contributed by atoms with Gasteiger partial charge in [0.2, 0.25) is 5.76 Å². The molecule has 2 N–H and O–H groups in total. The average molecular weight is 235 g/mol. The first-order valence-electron chi connectivity index (χ1n) is 5.23. The molecule has 0 aliphatic carbocycles. The lowest BCUT2D eigenvalue weighted by atomic mass is 10.2. The predicted octanol–water partition coefficient (Wildman–Crippen LogP) is 1.53. The van der Waals surface area contributed by atoms with Crippen molar-refractivity contribution < 1.29 is 19.4 Å². The summed E-state index contributed by atoms with van der Waals surface area (Å²) in [7, 11) is 0. The molecule has 0 spiro atoms. The molecule has 0 unspecified atom stereocenters. The Bertz CT molecular complexity index is 468. The van der Waals surface area contributed by atoms with E-state index in [1.54, 1.807) is 25.1 Å². The first-order chi connectivity index (χ1) is 8.18. The average Bonchev–Trinajstić information content (AvgIpc) is 2.36. The molecule has 0 fully saturated rings. The van der Waals surface area contributed by atoms with E-state index in [-0.39, 0.29) is 11.5 Å². The van der Waals surface area contributed by atoms with Gasteiger partial charge in [-0.2, -0.15) is 0 Å². The Morgan fingerprint density at radius 3 is 2.94 bits per heavy atom. The Balaban J connectivity index is 2.13. The minimum atomic E-state index is -0.390. The summed E-state index contributed by atoms with van der Waals surface area (Å²) >= 11 is 0. The van der Waals surface area contributed by atoms with Gasteiger partial charge in [-0.1, -0.05) is 6.07 Å². The topological polar surface area (TPSA) is 67.8 Å². The van der Waals surface area contributed by atoms with Crippen LogP contribution in [0.25, 0.3) is 0 Å². The lowest BCUT2D eigenvalue weighted by Gasteiger charge is -2.15. The third kappa shape index (κ3) is 2.50. The summed E-state index contributed by atoms with van der Waals surface area (Å²) in [6.07, 6.45) is 1.29. The Labute approximate surface area is 98.7 Å². The van der Waals surface area contributed by atoms with Gasteiger partial charge in [0.25, 0.3) is 5.91 Å². The second kappa shape index (κ2) is 4.78. The van der Waals surface area contributed by atoms with Crippen LogP contribution in [0.3, 0.4) is 0 Å². The van der Waals surface area contributed by atoms with Crippen LogP contribution in [0, 0.1) is 6.92 Å². The second-order valence-electron chi connectivity index (χ2n) is 3.61. The molecule has 1 heterocycles. The summed E-state index contributed by atoms with van der Waals surface area (Å²) in [5, 5.41) is 12.1. The molecule has 0 atom stereocenters. The molecule has 1 aromatic rings. The number of amides is 1.